The molecule has 9 nitrogen and oxygen atoms in total. The molecule has 0 bridgehead atoms. The Balaban J connectivity index is 1.75. The Hall–Kier alpha value is -3.11. The van der Waals surface area contributed by atoms with Gasteiger partial charge in [-0.1, -0.05) is 12.1 Å². The van der Waals surface area contributed by atoms with Gasteiger partial charge in [0.1, 0.15) is 18.0 Å². The summed E-state index contributed by atoms with van der Waals surface area (Å²) in [7, 11) is -2.20. The van der Waals surface area contributed by atoms with E-state index in [0.717, 1.165) is 5.56 Å². The van der Waals surface area contributed by atoms with E-state index in [4.69, 9.17) is 9.47 Å². The number of hydrogen-bond donors (Lipinski definition) is 2. The first-order valence-electron chi connectivity index (χ1n) is 9.69. The van der Waals surface area contributed by atoms with Crippen molar-refractivity contribution in [3.63, 3.8) is 0 Å². The smallest absolute Gasteiger partial charge is 0.265 e. The molecule has 0 aromatic heterocycles. The van der Waals surface area contributed by atoms with Crippen LogP contribution in [0.2, 0.25) is 0 Å². The van der Waals surface area contributed by atoms with Crippen LogP contribution in [0.1, 0.15) is 19.4 Å². The maximum Gasteiger partial charge on any atom is 0.265 e. The number of hydrogen-bond acceptors (Lipinski definition) is 6. The van der Waals surface area contributed by atoms with Crippen molar-refractivity contribution in [2.45, 2.75) is 31.3 Å². The van der Waals surface area contributed by atoms with E-state index in [2.05, 4.69) is 10.0 Å². The van der Waals surface area contributed by atoms with Gasteiger partial charge < -0.3 is 14.8 Å². The molecule has 166 valence electrons. The lowest BCUT2D eigenvalue weighted by Crippen LogP contribution is -2.45. The van der Waals surface area contributed by atoms with E-state index in [0.29, 0.717) is 11.5 Å². The third-order valence-corrected chi connectivity index (χ3v) is 6.18. The molecule has 0 aliphatic carbocycles. The number of rotatable bonds is 8. The van der Waals surface area contributed by atoms with Crippen LogP contribution in [-0.4, -0.2) is 46.5 Å². The number of benzene rings is 2. The van der Waals surface area contributed by atoms with Gasteiger partial charge in [-0.05, 0) is 49.7 Å². The van der Waals surface area contributed by atoms with E-state index in [1.54, 1.807) is 33.1 Å². The van der Waals surface area contributed by atoms with Crippen LogP contribution in [0, 0.1) is 0 Å². The third-order valence-electron chi connectivity index (χ3n) is 4.53. The summed E-state index contributed by atoms with van der Waals surface area (Å²) in [6.45, 7) is 3.21. The molecule has 1 heterocycles. The molecule has 3 rings (SSSR count). The van der Waals surface area contributed by atoms with Crippen molar-refractivity contribution in [2.24, 2.45) is 0 Å². The zero-order chi connectivity index (χ0) is 22.6. The molecule has 0 atom stereocenters. The monoisotopic (exact) mass is 447 g/mol. The van der Waals surface area contributed by atoms with E-state index >= 15 is 0 Å². The molecule has 1 aliphatic rings. The number of amides is 2. The lowest BCUT2D eigenvalue weighted by Gasteiger charge is -2.29. The minimum Gasteiger partial charge on any atom is -0.497 e. The molecule has 2 aromatic rings. The lowest BCUT2D eigenvalue weighted by molar-refractivity contribution is -0.125. The van der Waals surface area contributed by atoms with Crippen molar-refractivity contribution >= 4 is 27.5 Å². The van der Waals surface area contributed by atoms with Crippen molar-refractivity contribution in [2.75, 3.05) is 25.2 Å². The maximum atomic E-state index is 12.5. The Morgan fingerprint density at radius 2 is 1.90 bits per heavy atom. The van der Waals surface area contributed by atoms with E-state index in [1.165, 1.54) is 23.1 Å². The number of ether oxygens (including phenoxy) is 2. The van der Waals surface area contributed by atoms with Gasteiger partial charge in [0.2, 0.25) is 15.9 Å². The fraction of sp³-hybridized carbons (Fsp3) is 0.333. The van der Waals surface area contributed by atoms with Crippen molar-refractivity contribution in [1.29, 1.82) is 0 Å². The van der Waals surface area contributed by atoms with Crippen LogP contribution in [0.15, 0.2) is 47.4 Å². The minimum absolute atomic E-state index is 0.0121. The number of sulfonamides is 1. The van der Waals surface area contributed by atoms with Gasteiger partial charge in [-0.3, -0.25) is 14.5 Å². The summed E-state index contributed by atoms with van der Waals surface area (Å²) in [5.41, 5.74) is 1.11. The topological polar surface area (TPSA) is 114 Å². The van der Waals surface area contributed by atoms with Crippen LogP contribution < -0.4 is 24.4 Å². The van der Waals surface area contributed by atoms with Crippen molar-refractivity contribution < 1.29 is 27.5 Å². The number of carbonyl (C=O) groups is 2. The second-order valence-electron chi connectivity index (χ2n) is 7.30. The van der Waals surface area contributed by atoms with Gasteiger partial charge >= 0.3 is 0 Å². The molecular formula is C21H25N3O6S. The van der Waals surface area contributed by atoms with Gasteiger partial charge in [0.15, 0.2) is 6.61 Å². The Labute approximate surface area is 181 Å². The SMILES string of the molecule is COc1ccc(CNC(=O)CN2C(=O)COc3ccc(S(=O)(=O)NC(C)C)cc32)cc1. The predicted molar refractivity (Wildman–Crippen MR) is 115 cm³/mol. The quantitative estimate of drug-likeness (QED) is 0.633. The minimum atomic E-state index is -3.77. The molecule has 31 heavy (non-hydrogen) atoms. The Morgan fingerprint density at radius 3 is 2.55 bits per heavy atom. The fourth-order valence-electron chi connectivity index (χ4n) is 3.04. The molecule has 0 fully saturated rings. The summed E-state index contributed by atoms with van der Waals surface area (Å²) in [6, 6.07) is 11.2. The van der Waals surface area contributed by atoms with Gasteiger partial charge in [-0.2, -0.15) is 0 Å². The van der Waals surface area contributed by atoms with Gasteiger partial charge in [-0.25, -0.2) is 13.1 Å². The number of fused-ring (bicyclic) bond motifs is 1. The van der Waals surface area contributed by atoms with Gasteiger partial charge in [0, 0.05) is 12.6 Å². The highest BCUT2D eigenvalue weighted by Crippen LogP contribution is 2.34. The van der Waals surface area contributed by atoms with Crippen molar-refractivity contribution in [1.82, 2.24) is 10.0 Å². The molecule has 2 aromatic carbocycles. The highest BCUT2D eigenvalue weighted by Gasteiger charge is 2.29. The Kier molecular flexibility index (Phi) is 6.81. The summed E-state index contributed by atoms with van der Waals surface area (Å²) >= 11 is 0. The maximum absolute atomic E-state index is 12.5. The zero-order valence-corrected chi connectivity index (χ0v) is 18.4. The first-order valence-corrected chi connectivity index (χ1v) is 11.2. The first-order chi connectivity index (χ1) is 14.7. The molecule has 0 unspecified atom stereocenters. The number of anilines is 1. The summed E-state index contributed by atoms with van der Waals surface area (Å²) < 4.78 is 38.0. The van der Waals surface area contributed by atoms with E-state index in [1.807, 2.05) is 12.1 Å². The standard InChI is InChI=1S/C21H25N3O6S/c1-14(2)23-31(27,28)17-8-9-19-18(10-17)24(21(26)13-30-19)12-20(25)22-11-15-4-6-16(29-3)7-5-15/h4-10,14,23H,11-13H2,1-3H3,(H,22,25). The Bertz CT molecular complexity index is 1070. The molecule has 2 amide bonds. The van der Waals surface area contributed by atoms with Crippen molar-refractivity contribution in [3.8, 4) is 11.5 Å². The third kappa shape index (κ3) is 5.53. The number of methoxy groups -OCH3 is 1. The fourth-order valence-corrected chi connectivity index (χ4v) is 4.31. The molecule has 0 saturated carbocycles. The molecule has 0 saturated heterocycles. The average Bonchev–Trinajstić information content (AvgIpc) is 2.73. The molecule has 10 heteroatoms. The van der Waals surface area contributed by atoms with Gasteiger partial charge in [0.05, 0.1) is 17.7 Å². The molecule has 0 spiro atoms. The molecular weight excluding hydrogens is 422 g/mol. The normalized spacial score (nSPS) is 13.5. The van der Waals surface area contributed by atoms with Crippen LogP contribution in [-0.2, 0) is 26.2 Å². The average molecular weight is 448 g/mol. The van der Waals surface area contributed by atoms with Gasteiger partial charge in [0.25, 0.3) is 5.91 Å². The zero-order valence-electron chi connectivity index (χ0n) is 17.5. The predicted octanol–water partition coefficient (Wildman–Crippen LogP) is 1.42. The second-order valence-corrected chi connectivity index (χ2v) is 9.01. The highest BCUT2D eigenvalue weighted by molar-refractivity contribution is 7.89. The number of carbonyl (C=O) groups excluding carboxylic acids is 2. The lowest BCUT2D eigenvalue weighted by atomic mass is 10.2. The van der Waals surface area contributed by atoms with Crippen LogP contribution in [0.4, 0.5) is 5.69 Å². The van der Waals surface area contributed by atoms with E-state index < -0.39 is 15.9 Å². The Morgan fingerprint density at radius 1 is 1.19 bits per heavy atom. The summed E-state index contributed by atoms with van der Waals surface area (Å²) in [5, 5.41) is 2.76. The molecule has 1 aliphatic heterocycles. The number of nitrogens with one attached hydrogen (secondary N) is 2. The van der Waals surface area contributed by atoms with E-state index in [-0.39, 0.29) is 42.2 Å². The largest absolute Gasteiger partial charge is 0.497 e. The highest BCUT2D eigenvalue weighted by atomic mass is 32.2. The second kappa shape index (κ2) is 9.36. The summed E-state index contributed by atoms with van der Waals surface area (Å²) in [6.07, 6.45) is 0. The van der Waals surface area contributed by atoms with E-state index in [9.17, 15) is 18.0 Å². The van der Waals surface area contributed by atoms with Crippen LogP contribution in [0.3, 0.4) is 0 Å². The molecule has 0 radical (unpaired) electrons. The number of nitrogens with zero attached hydrogens (tertiary/aromatic N) is 1. The van der Waals surface area contributed by atoms with Crippen LogP contribution in [0.5, 0.6) is 11.5 Å². The first kappa shape index (κ1) is 22.6. The van der Waals surface area contributed by atoms with Crippen LogP contribution in [0.25, 0.3) is 0 Å². The van der Waals surface area contributed by atoms with Crippen molar-refractivity contribution in [3.05, 3.63) is 48.0 Å². The van der Waals surface area contributed by atoms with Gasteiger partial charge in [-0.15, -0.1) is 0 Å². The van der Waals surface area contributed by atoms with Crippen LogP contribution >= 0.6 is 0 Å². The molecule has 2 N–H and O–H groups in total. The summed E-state index contributed by atoms with van der Waals surface area (Å²) in [4.78, 5) is 26.1. The summed E-state index contributed by atoms with van der Waals surface area (Å²) in [5.74, 6) is 0.235.